The fraction of sp³-hybridized carbons (Fsp3) is 0.200. The molecule has 2 aromatic carbocycles. The zero-order valence-corrected chi connectivity index (χ0v) is 10.4. The minimum Gasteiger partial charge on any atom is -0.455 e. The first-order valence-electron chi connectivity index (χ1n) is 5.93. The van der Waals surface area contributed by atoms with Crippen molar-refractivity contribution in [2.75, 3.05) is 12.3 Å². The van der Waals surface area contributed by atoms with Crippen LogP contribution in [0.15, 0.2) is 42.5 Å². The lowest BCUT2D eigenvalue weighted by atomic mass is 10.1. The number of hydrogen-bond donors (Lipinski definition) is 2. The monoisotopic (exact) mass is 243 g/mol. The number of aliphatic hydroxyl groups excluding tert-OH is 1. The van der Waals surface area contributed by atoms with Crippen molar-refractivity contribution in [3.63, 3.8) is 0 Å². The van der Waals surface area contributed by atoms with Crippen molar-refractivity contribution < 1.29 is 9.84 Å². The molecule has 3 heteroatoms. The van der Waals surface area contributed by atoms with Crippen molar-refractivity contribution in [2.45, 2.75) is 13.3 Å². The van der Waals surface area contributed by atoms with Crippen LogP contribution in [0.5, 0.6) is 11.5 Å². The molecule has 94 valence electrons. The first-order valence-corrected chi connectivity index (χ1v) is 5.93. The molecular weight excluding hydrogens is 226 g/mol. The van der Waals surface area contributed by atoms with Crippen LogP contribution in [-0.2, 0) is 6.42 Å². The lowest BCUT2D eigenvalue weighted by Crippen LogP contribution is -1.95. The number of nitrogen functional groups attached to an aromatic ring is 1. The molecule has 0 spiro atoms. The third kappa shape index (κ3) is 2.81. The molecule has 3 N–H and O–H groups in total. The molecule has 0 bridgehead atoms. The summed E-state index contributed by atoms with van der Waals surface area (Å²) >= 11 is 0. The van der Waals surface area contributed by atoms with Gasteiger partial charge in [-0.2, -0.15) is 0 Å². The van der Waals surface area contributed by atoms with Crippen LogP contribution in [0.25, 0.3) is 0 Å². The molecule has 0 heterocycles. The van der Waals surface area contributed by atoms with E-state index in [2.05, 4.69) is 0 Å². The third-order valence-electron chi connectivity index (χ3n) is 2.84. The lowest BCUT2D eigenvalue weighted by Gasteiger charge is -2.10. The van der Waals surface area contributed by atoms with Crippen LogP contribution in [-0.4, -0.2) is 11.7 Å². The molecule has 0 aromatic heterocycles. The Labute approximate surface area is 107 Å². The van der Waals surface area contributed by atoms with Gasteiger partial charge in [-0.05, 0) is 42.7 Å². The first-order chi connectivity index (χ1) is 8.70. The highest BCUT2D eigenvalue weighted by atomic mass is 16.5. The summed E-state index contributed by atoms with van der Waals surface area (Å²) in [5.41, 5.74) is 8.70. The predicted molar refractivity (Wildman–Crippen MR) is 72.9 cm³/mol. The Balaban J connectivity index is 2.16. The molecule has 0 atom stereocenters. The van der Waals surface area contributed by atoms with Crippen LogP contribution in [0.1, 0.15) is 11.1 Å². The van der Waals surface area contributed by atoms with Crippen molar-refractivity contribution in [1.82, 2.24) is 0 Å². The Morgan fingerprint density at radius 3 is 2.50 bits per heavy atom. The van der Waals surface area contributed by atoms with Crippen molar-refractivity contribution in [3.05, 3.63) is 53.6 Å². The third-order valence-corrected chi connectivity index (χ3v) is 2.84. The summed E-state index contributed by atoms with van der Waals surface area (Å²) in [4.78, 5) is 0. The average Bonchev–Trinajstić information content (AvgIpc) is 2.38. The molecule has 0 unspecified atom stereocenters. The van der Waals surface area contributed by atoms with Gasteiger partial charge in [0.2, 0.25) is 0 Å². The van der Waals surface area contributed by atoms with Gasteiger partial charge in [0.05, 0.1) is 5.69 Å². The van der Waals surface area contributed by atoms with Gasteiger partial charge in [0.25, 0.3) is 0 Å². The average molecular weight is 243 g/mol. The highest BCUT2D eigenvalue weighted by Gasteiger charge is 2.04. The van der Waals surface area contributed by atoms with Gasteiger partial charge in [-0.25, -0.2) is 0 Å². The molecule has 0 amide bonds. The summed E-state index contributed by atoms with van der Waals surface area (Å²) in [6.45, 7) is 2.11. The Morgan fingerprint density at radius 1 is 1.11 bits per heavy atom. The van der Waals surface area contributed by atoms with Crippen molar-refractivity contribution >= 4 is 5.69 Å². The van der Waals surface area contributed by atoms with E-state index in [1.165, 1.54) is 0 Å². The number of hydrogen-bond acceptors (Lipinski definition) is 3. The van der Waals surface area contributed by atoms with Crippen LogP contribution in [0.2, 0.25) is 0 Å². The summed E-state index contributed by atoms with van der Waals surface area (Å²) in [7, 11) is 0. The van der Waals surface area contributed by atoms with Gasteiger partial charge in [0, 0.05) is 6.61 Å². The lowest BCUT2D eigenvalue weighted by molar-refractivity contribution is 0.299. The summed E-state index contributed by atoms with van der Waals surface area (Å²) < 4.78 is 5.74. The van der Waals surface area contributed by atoms with Crippen molar-refractivity contribution in [2.24, 2.45) is 0 Å². The number of aliphatic hydroxyl groups is 1. The Hall–Kier alpha value is -2.00. The standard InChI is InChI=1S/C15H17NO2/c1-11-3-2-4-14(15(11)16)18-13-7-5-12(6-8-13)9-10-17/h2-8,17H,9-10,16H2,1H3. The molecule has 0 saturated heterocycles. The first kappa shape index (κ1) is 12.5. The molecule has 2 rings (SSSR count). The zero-order valence-electron chi connectivity index (χ0n) is 10.4. The number of nitrogens with two attached hydrogens (primary N) is 1. The molecule has 0 fully saturated rings. The molecule has 18 heavy (non-hydrogen) atoms. The Bertz CT molecular complexity index is 521. The summed E-state index contributed by atoms with van der Waals surface area (Å²) in [5.74, 6) is 1.42. The van der Waals surface area contributed by atoms with Crippen LogP contribution in [0, 0.1) is 6.92 Å². The molecule has 0 aliphatic carbocycles. The highest BCUT2D eigenvalue weighted by molar-refractivity contribution is 5.59. The number of anilines is 1. The molecule has 0 saturated carbocycles. The molecule has 0 radical (unpaired) electrons. The largest absolute Gasteiger partial charge is 0.455 e. The number of aryl methyl sites for hydroxylation is 1. The fourth-order valence-corrected chi connectivity index (χ4v) is 1.72. The summed E-state index contributed by atoms with van der Waals surface area (Å²) in [6, 6.07) is 13.4. The number of benzene rings is 2. The van der Waals surface area contributed by atoms with Crippen molar-refractivity contribution in [1.29, 1.82) is 0 Å². The minimum atomic E-state index is 0.158. The van der Waals surface area contributed by atoms with Gasteiger partial charge >= 0.3 is 0 Å². The maximum atomic E-state index is 8.84. The summed E-state index contributed by atoms with van der Waals surface area (Å²) in [5, 5.41) is 8.84. The van der Waals surface area contributed by atoms with E-state index in [4.69, 9.17) is 15.6 Å². The van der Waals surface area contributed by atoms with Crippen LogP contribution >= 0.6 is 0 Å². The minimum absolute atomic E-state index is 0.158. The van der Waals surface area contributed by atoms with Gasteiger partial charge < -0.3 is 15.6 Å². The smallest absolute Gasteiger partial charge is 0.150 e. The van der Waals surface area contributed by atoms with E-state index in [1.54, 1.807) is 0 Å². The predicted octanol–water partition coefficient (Wildman–Crippen LogP) is 2.90. The molecule has 3 nitrogen and oxygen atoms in total. The van der Waals surface area contributed by atoms with Crippen LogP contribution in [0.3, 0.4) is 0 Å². The van der Waals surface area contributed by atoms with E-state index in [0.29, 0.717) is 17.9 Å². The van der Waals surface area contributed by atoms with E-state index in [-0.39, 0.29) is 6.61 Å². The van der Waals surface area contributed by atoms with Crippen molar-refractivity contribution in [3.8, 4) is 11.5 Å². The van der Waals surface area contributed by atoms with Gasteiger partial charge in [-0.1, -0.05) is 24.3 Å². The van der Waals surface area contributed by atoms with E-state index in [9.17, 15) is 0 Å². The van der Waals surface area contributed by atoms with Gasteiger partial charge in [-0.3, -0.25) is 0 Å². The number of rotatable bonds is 4. The van der Waals surface area contributed by atoms with E-state index >= 15 is 0 Å². The second-order valence-electron chi connectivity index (χ2n) is 4.21. The van der Waals surface area contributed by atoms with Crippen LogP contribution in [0.4, 0.5) is 5.69 Å². The highest BCUT2D eigenvalue weighted by Crippen LogP contribution is 2.29. The van der Waals surface area contributed by atoms with Crippen LogP contribution < -0.4 is 10.5 Å². The maximum Gasteiger partial charge on any atom is 0.150 e. The normalized spacial score (nSPS) is 10.3. The second-order valence-corrected chi connectivity index (χ2v) is 4.21. The van der Waals surface area contributed by atoms with Gasteiger partial charge in [0.1, 0.15) is 5.75 Å². The zero-order chi connectivity index (χ0) is 13.0. The maximum absolute atomic E-state index is 8.84. The van der Waals surface area contributed by atoms with Gasteiger partial charge in [0.15, 0.2) is 5.75 Å². The van der Waals surface area contributed by atoms with E-state index in [0.717, 1.165) is 16.9 Å². The molecule has 0 aliphatic heterocycles. The van der Waals surface area contributed by atoms with E-state index in [1.807, 2.05) is 49.4 Å². The Morgan fingerprint density at radius 2 is 1.83 bits per heavy atom. The molecule has 2 aromatic rings. The SMILES string of the molecule is Cc1cccc(Oc2ccc(CCO)cc2)c1N. The topological polar surface area (TPSA) is 55.5 Å². The second kappa shape index (κ2) is 5.56. The fourth-order valence-electron chi connectivity index (χ4n) is 1.72. The van der Waals surface area contributed by atoms with Gasteiger partial charge in [-0.15, -0.1) is 0 Å². The number of para-hydroxylation sites is 1. The quantitative estimate of drug-likeness (QED) is 0.812. The molecular formula is C15H17NO2. The number of ether oxygens (including phenoxy) is 1. The summed E-state index contributed by atoms with van der Waals surface area (Å²) in [6.07, 6.45) is 0.660. The molecule has 0 aliphatic rings. The Kier molecular flexibility index (Phi) is 3.85. The van der Waals surface area contributed by atoms with E-state index < -0.39 is 0 Å².